The summed E-state index contributed by atoms with van der Waals surface area (Å²) in [4.78, 5) is 21.6. The van der Waals surface area contributed by atoms with E-state index in [-0.39, 0.29) is 5.91 Å². The van der Waals surface area contributed by atoms with Crippen LogP contribution in [-0.2, 0) is 0 Å². The van der Waals surface area contributed by atoms with Crippen molar-refractivity contribution in [2.24, 2.45) is 0 Å². The zero-order valence-electron chi connectivity index (χ0n) is 15.2. The Hall–Kier alpha value is -2.88. The van der Waals surface area contributed by atoms with E-state index < -0.39 is 0 Å². The van der Waals surface area contributed by atoms with Crippen LogP contribution in [0.4, 0.5) is 5.69 Å². The highest BCUT2D eigenvalue weighted by atomic mass is 16.2. The number of carbonyl (C=O) groups is 1. The molecule has 4 heteroatoms. The number of likely N-dealkylation sites (tertiary alicyclic amines) is 1. The van der Waals surface area contributed by atoms with Crippen LogP contribution in [0.2, 0.25) is 0 Å². The van der Waals surface area contributed by atoms with Gasteiger partial charge in [0.25, 0.3) is 5.91 Å². The fourth-order valence-electron chi connectivity index (χ4n) is 3.72. The van der Waals surface area contributed by atoms with Crippen molar-refractivity contribution in [3.63, 3.8) is 0 Å². The molecule has 0 N–H and O–H groups in total. The first-order valence-electron chi connectivity index (χ1n) is 9.04. The molecule has 0 saturated carbocycles. The molecule has 0 aliphatic carbocycles. The van der Waals surface area contributed by atoms with Crippen LogP contribution in [0, 0.1) is 0 Å². The van der Waals surface area contributed by atoms with Crippen LogP contribution in [0.25, 0.3) is 10.8 Å². The molecule has 1 unspecified atom stereocenters. The van der Waals surface area contributed by atoms with Gasteiger partial charge in [0.15, 0.2) is 0 Å². The van der Waals surface area contributed by atoms with Gasteiger partial charge in [0.05, 0.1) is 5.56 Å². The predicted octanol–water partition coefficient (Wildman–Crippen LogP) is 3.93. The lowest BCUT2D eigenvalue weighted by Gasteiger charge is -2.21. The first-order chi connectivity index (χ1) is 12.6. The van der Waals surface area contributed by atoms with Gasteiger partial charge in [0.2, 0.25) is 0 Å². The number of amides is 1. The number of hydrogen-bond donors (Lipinski definition) is 0. The average Bonchev–Trinajstić information content (AvgIpc) is 3.17. The van der Waals surface area contributed by atoms with Gasteiger partial charge in [0.1, 0.15) is 0 Å². The highest BCUT2D eigenvalue weighted by molar-refractivity contribution is 6.00. The van der Waals surface area contributed by atoms with Crippen LogP contribution < -0.4 is 4.90 Å². The minimum Gasteiger partial charge on any atom is -0.377 e. The number of carbonyl (C=O) groups excluding carboxylic acids is 1. The van der Waals surface area contributed by atoms with E-state index in [1.165, 1.54) is 5.39 Å². The van der Waals surface area contributed by atoms with Gasteiger partial charge >= 0.3 is 0 Å². The Balaban J connectivity index is 1.55. The first-order valence-corrected chi connectivity index (χ1v) is 9.04. The number of pyridine rings is 1. The molecule has 0 bridgehead atoms. The number of hydrogen-bond acceptors (Lipinski definition) is 3. The molecule has 2 aromatic carbocycles. The number of anilines is 1. The molecule has 1 aliphatic rings. The van der Waals surface area contributed by atoms with Gasteiger partial charge in [-0.3, -0.25) is 9.78 Å². The molecule has 26 heavy (non-hydrogen) atoms. The summed E-state index contributed by atoms with van der Waals surface area (Å²) in [6, 6.07) is 18.3. The summed E-state index contributed by atoms with van der Waals surface area (Å²) in [5.74, 6) is 0.410. The van der Waals surface area contributed by atoms with E-state index in [4.69, 9.17) is 0 Å². The number of fused-ring (bicyclic) bond motifs is 1. The third kappa shape index (κ3) is 3.03. The van der Waals surface area contributed by atoms with Gasteiger partial charge < -0.3 is 9.80 Å². The Morgan fingerprint density at radius 3 is 2.62 bits per heavy atom. The van der Waals surface area contributed by atoms with E-state index >= 15 is 0 Å². The maximum Gasteiger partial charge on any atom is 0.255 e. The van der Waals surface area contributed by atoms with E-state index in [9.17, 15) is 4.79 Å². The molecule has 0 radical (unpaired) electrons. The first kappa shape index (κ1) is 16.6. The molecule has 4 nitrogen and oxygen atoms in total. The third-order valence-corrected chi connectivity index (χ3v) is 5.16. The molecule has 0 spiro atoms. The van der Waals surface area contributed by atoms with Crippen molar-refractivity contribution in [1.82, 2.24) is 9.88 Å². The molecule has 1 amide bonds. The highest BCUT2D eigenvalue weighted by Gasteiger charge is 2.30. The molecule has 1 aromatic heterocycles. The van der Waals surface area contributed by atoms with E-state index in [1.54, 1.807) is 0 Å². The Bertz CT molecular complexity index is 951. The van der Waals surface area contributed by atoms with Gasteiger partial charge in [0, 0.05) is 56.1 Å². The molecule has 132 valence electrons. The fraction of sp³-hybridized carbons (Fsp3) is 0.273. The lowest BCUT2D eigenvalue weighted by Crippen LogP contribution is -2.30. The van der Waals surface area contributed by atoms with E-state index in [0.717, 1.165) is 41.8 Å². The molecular formula is C22H23N3O. The summed E-state index contributed by atoms with van der Waals surface area (Å²) in [5, 5.41) is 2.36. The molecule has 1 aliphatic heterocycles. The summed E-state index contributed by atoms with van der Waals surface area (Å²) in [6.45, 7) is 1.51. The van der Waals surface area contributed by atoms with Crippen LogP contribution in [0.3, 0.4) is 0 Å². The maximum atomic E-state index is 13.0. The number of nitrogens with zero attached hydrogens (tertiary/aromatic N) is 3. The van der Waals surface area contributed by atoms with Crippen LogP contribution in [0.1, 0.15) is 28.4 Å². The normalized spacial score (nSPS) is 16.8. The monoisotopic (exact) mass is 345 g/mol. The molecule has 1 atom stereocenters. The second-order valence-electron chi connectivity index (χ2n) is 7.10. The fourth-order valence-corrected chi connectivity index (χ4v) is 3.72. The Kier molecular flexibility index (Phi) is 4.33. The lowest BCUT2D eigenvalue weighted by atomic mass is 10.0. The minimum absolute atomic E-state index is 0.109. The summed E-state index contributed by atoms with van der Waals surface area (Å²) < 4.78 is 0. The summed E-state index contributed by atoms with van der Waals surface area (Å²) in [6.07, 6.45) is 2.90. The van der Waals surface area contributed by atoms with Crippen LogP contribution in [0.5, 0.6) is 0 Å². The van der Waals surface area contributed by atoms with Gasteiger partial charge in [-0.05, 0) is 30.0 Å². The number of rotatable bonds is 3. The van der Waals surface area contributed by atoms with Crippen molar-refractivity contribution in [3.8, 4) is 0 Å². The zero-order chi connectivity index (χ0) is 18.1. The summed E-state index contributed by atoms with van der Waals surface area (Å²) in [5.41, 5.74) is 2.81. The molecular weight excluding hydrogens is 322 g/mol. The van der Waals surface area contributed by atoms with Crippen molar-refractivity contribution in [3.05, 3.63) is 72.1 Å². The third-order valence-electron chi connectivity index (χ3n) is 5.16. The Morgan fingerprint density at radius 1 is 1.08 bits per heavy atom. The van der Waals surface area contributed by atoms with Crippen molar-refractivity contribution < 1.29 is 4.79 Å². The minimum atomic E-state index is 0.109. The maximum absolute atomic E-state index is 13.0. The van der Waals surface area contributed by atoms with Crippen molar-refractivity contribution in [2.75, 3.05) is 32.1 Å². The van der Waals surface area contributed by atoms with Crippen LogP contribution in [0.15, 0.2) is 60.8 Å². The van der Waals surface area contributed by atoms with E-state index in [0.29, 0.717) is 5.92 Å². The highest BCUT2D eigenvalue weighted by Crippen LogP contribution is 2.30. The largest absolute Gasteiger partial charge is 0.377 e. The van der Waals surface area contributed by atoms with E-state index in [1.807, 2.05) is 60.4 Å². The molecule has 4 rings (SSSR count). The Morgan fingerprint density at radius 2 is 1.81 bits per heavy atom. The lowest BCUT2D eigenvalue weighted by molar-refractivity contribution is 0.0791. The second kappa shape index (κ2) is 6.79. The van der Waals surface area contributed by atoms with Gasteiger partial charge in [-0.2, -0.15) is 0 Å². The van der Waals surface area contributed by atoms with Crippen molar-refractivity contribution in [2.45, 2.75) is 12.3 Å². The van der Waals surface area contributed by atoms with Crippen LogP contribution >= 0.6 is 0 Å². The second-order valence-corrected chi connectivity index (χ2v) is 7.10. The average molecular weight is 345 g/mol. The topological polar surface area (TPSA) is 36.4 Å². The van der Waals surface area contributed by atoms with E-state index in [2.05, 4.69) is 29.2 Å². The molecule has 3 aromatic rings. The quantitative estimate of drug-likeness (QED) is 0.722. The van der Waals surface area contributed by atoms with Gasteiger partial charge in [-0.25, -0.2) is 0 Å². The Labute approximate surface area is 154 Å². The molecule has 1 fully saturated rings. The number of aromatic nitrogens is 1. The van der Waals surface area contributed by atoms with Crippen molar-refractivity contribution >= 4 is 22.4 Å². The predicted molar refractivity (Wildman–Crippen MR) is 106 cm³/mol. The summed E-state index contributed by atoms with van der Waals surface area (Å²) in [7, 11) is 3.94. The smallest absolute Gasteiger partial charge is 0.255 e. The SMILES string of the molecule is CN(C)c1ccccc1C(=O)N1CCC(c2cc3ccccc3cn2)C1. The van der Waals surface area contributed by atoms with Gasteiger partial charge in [-0.15, -0.1) is 0 Å². The number of benzene rings is 2. The molecule has 2 heterocycles. The van der Waals surface area contributed by atoms with Gasteiger partial charge in [-0.1, -0.05) is 36.4 Å². The van der Waals surface area contributed by atoms with Crippen molar-refractivity contribution in [1.29, 1.82) is 0 Å². The summed E-state index contributed by atoms with van der Waals surface area (Å²) >= 11 is 0. The van der Waals surface area contributed by atoms with Crippen LogP contribution in [-0.4, -0.2) is 43.0 Å². The zero-order valence-corrected chi connectivity index (χ0v) is 15.2. The standard InChI is InChI=1S/C22H23N3O/c1-24(2)21-10-6-5-9-19(21)22(26)25-12-11-18(15-25)20-13-16-7-3-4-8-17(16)14-23-20/h3-10,13-14,18H,11-12,15H2,1-2H3. The number of para-hydroxylation sites is 1. The molecule has 1 saturated heterocycles.